The second-order valence-electron chi connectivity index (χ2n) is 4.80. The fourth-order valence-corrected chi connectivity index (χ4v) is 2.14. The molecule has 0 aliphatic carbocycles. The SMILES string of the molecule is COc1ccc(C(=C/C=C\C(N)=O)c2ccc(OC)cc2)cc1. The van der Waals surface area contributed by atoms with E-state index in [9.17, 15) is 4.79 Å². The first-order chi connectivity index (χ1) is 11.1. The summed E-state index contributed by atoms with van der Waals surface area (Å²) in [5.74, 6) is 1.09. The van der Waals surface area contributed by atoms with Crippen molar-refractivity contribution in [2.24, 2.45) is 5.73 Å². The summed E-state index contributed by atoms with van der Waals surface area (Å²) < 4.78 is 10.4. The fourth-order valence-electron chi connectivity index (χ4n) is 2.14. The first kappa shape index (κ1) is 16.4. The van der Waals surface area contributed by atoms with Crippen molar-refractivity contribution in [3.8, 4) is 11.5 Å². The van der Waals surface area contributed by atoms with Gasteiger partial charge in [0, 0.05) is 6.08 Å². The fraction of sp³-hybridized carbons (Fsp3) is 0.105. The molecule has 0 aliphatic rings. The Bertz CT molecular complexity index is 664. The maximum Gasteiger partial charge on any atom is 0.241 e. The van der Waals surface area contributed by atoms with Gasteiger partial charge < -0.3 is 15.2 Å². The molecule has 0 heterocycles. The standard InChI is InChI=1S/C19H19NO3/c1-22-16-10-6-14(7-11-16)18(4-3-5-19(20)21)15-8-12-17(23-2)13-9-15/h3-13H,1-2H3,(H2,20,21)/b5-3-. The van der Waals surface area contributed by atoms with Crippen LogP contribution < -0.4 is 15.2 Å². The summed E-state index contributed by atoms with van der Waals surface area (Å²) in [5, 5.41) is 0. The summed E-state index contributed by atoms with van der Waals surface area (Å²) in [7, 11) is 3.26. The Hall–Kier alpha value is -3.01. The molecule has 2 aromatic rings. The number of amides is 1. The molecule has 0 fully saturated rings. The highest BCUT2D eigenvalue weighted by Gasteiger charge is 2.05. The third kappa shape index (κ3) is 4.48. The van der Waals surface area contributed by atoms with E-state index < -0.39 is 5.91 Å². The van der Waals surface area contributed by atoms with E-state index in [1.807, 2.05) is 54.6 Å². The summed E-state index contributed by atoms with van der Waals surface area (Å²) in [6, 6.07) is 15.4. The van der Waals surface area contributed by atoms with Gasteiger partial charge in [0.2, 0.25) is 5.91 Å². The van der Waals surface area contributed by atoms with Crippen LogP contribution in [0.5, 0.6) is 11.5 Å². The molecule has 23 heavy (non-hydrogen) atoms. The summed E-state index contributed by atoms with van der Waals surface area (Å²) in [6.07, 6.45) is 4.83. The molecular weight excluding hydrogens is 290 g/mol. The number of nitrogens with two attached hydrogens (primary N) is 1. The Morgan fingerprint density at radius 2 is 1.30 bits per heavy atom. The number of hydrogen-bond acceptors (Lipinski definition) is 3. The molecule has 0 spiro atoms. The number of ether oxygens (including phenoxy) is 2. The lowest BCUT2D eigenvalue weighted by Gasteiger charge is -2.10. The Balaban J connectivity index is 2.42. The van der Waals surface area contributed by atoms with Gasteiger partial charge in [-0.05, 0) is 41.0 Å². The van der Waals surface area contributed by atoms with Crippen LogP contribution in [0.15, 0.2) is 66.8 Å². The van der Waals surface area contributed by atoms with Gasteiger partial charge in [0.1, 0.15) is 11.5 Å². The van der Waals surface area contributed by atoms with Crippen molar-refractivity contribution >= 4 is 11.5 Å². The van der Waals surface area contributed by atoms with Crippen LogP contribution in [0.2, 0.25) is 0 Å². The predicted molar refractivity (Wildman–Crippen MR) is 91.4 cm³/mol. The van der Waals surface area contributed by atoms with Gasteiger partial charge in [-0.15, -0.1) is 0 Å². The van der Waals surface area contributed by atoms with Crippen LogP contribution >= 0.6 is 0 Å². The van der Waals surface area contributed by atoms with Gasteiger partial charge in [0.05, 0.1) is 14.2 Å². The summed E-state index contributed by atoms with van der Waals surface area (Å²) >= 11 is 0. The van der Waals surface area contributed by atoms with Crippen LogP contribution in [0, 0.1) is 0 Å². The molecule has 118 valence electrons. The minimum Gasteiger partial charge on any atom is -0.497 e. The summed E-state index contributed by atoms with van der Waals surface area (Å²) in [4.78, 5) is 10.9. The predicted octanol–water partition coefficient (Wildman–Crippen LogP) is 3.18. The lowest BCUT2D eigenvalue weighted by molar-refractivity contribution is -0.113. The largest absolute Gasteiger partial charge is 0.497 e. The van der Waals surface area contributed by atoms with Gasteiger partial charge in [0.15, 0.2) is 0 Å². The Labute approximate surface area is 135 Å². The van der Waals surface area contributed by atoms with Crippen molar-refractivity contribution in [1.29, 1.82) is 0 Å². The number of carbonyl (C=O) groups is 1. The number of allylic oxidation sites excluding steroid dienone is 2. The second-order valence-corrected chi connectivity index (χ2v) is 4.80. The van der Waals surface area contributed by atoms with E-state index in [2.05, 4.69) is 0 Å². The zero-order valence-electron chi connectivity index (χ0n) is 13.2. The molecule has 1 amide bonds. The molecule has 0 unspecified atom stereocenters. The van der Waals surface area contributed by atoms with E-state index in [1.165, 1.54) is 6.08 Å². The van der Waals surface area contributed by atoms with E-state index >= 15 is 0 Å². The van der Waals surface area contributed by atoms with Gasteiger partial charge >= 0.3 is 0 Å². The molecule has 0 atom stereocenters. The van der Waals surface area contributed by atoms with E-state index in [1.54, 1.807) is 20.3 Å². The van der Waals surface area contributed by atoms with Crippen LogP contribution in [0.3, 0.4) is 0 Å². The number of benzene rings is 2. The average molecular weight is 309 g/mol. The van der Waals surface area contributed by atoms with Gasteiger partial charge in [-0.1, -0.05) is 36.4 Å². The number of hydrogen-bond donors (Lipinski definition) is 1. The smallest absolute Gasteiger partial charge is 0.241 e. The monoisotopic (exact) mass is 309 g/mol. The Morgan fingerprint density at radius 1 is 0.870 bits per heavy atom. The zero-order chi connectivity index (χ0) is 16.7. The van der Waals surface area contributed by atoms with Crippen molar-refractivity contribution in [3.63, 3.8) is 0 Å². The van der Waals surface area contributed by atoms with Gasteiger partial charge in [0.25, 0.3) is 0 Å². The first-order valence-electron chi connectivity index (χ1n) is 7.10. The second kappa shape index (κ2) is 7.84. The van der Waals surface area contributed by atoms with E-state index in [0.717, 1.165) is 28.2 Å². The Morgan fingerprint density at radius 3 is 1.65 bits per heavy atom. The minimum absolute atomic E-state index is 0.481. The minimum atomic E-state index is -0.481. The molecule has 2 N–H and O–H groups in total. The van der Waals surface area contributed by atoms with Crippen LogP contribution in [0.4, 0.5) is 0 Å². The van der Waals surface area contributed by atoms with Crippen LogP contribution in [0.1, 0.15) is 11.1 Å². The molecule has 0 aliphatic heterocycles. The van der Waals surface area contributed by atoms with Gasteiger partial charge in [-0.25, -0.2) is 0 Å². The number of rotatable bonds is 6. The quantitative estimate of drug-likeness (QED) is 0.658. The highest BCUT2D eigenvalue weighted by Crippen LogP contribution is 2.27. The molecule has 4 heteroatoms. The van der Waals surface area contributed by atoms with E-state index in [-0.39, 0.29) is 0 Å². The van der Waals surface area contributed by atoms with Gasteiger partial charge in [-0.3, -0.25) is 4.79 Å². The summed E-state index contributed by atoms with van der Waals surface area (Å²) in [5.41, 5.74) is 8.12. The van der Waals surface area contributed by atoms with Crippen molar-refractivity contribution in [2.75, 3.05) is 14.2 Å². The molecule has 0 saturated heterocycles. The number of primary amides is 1. The normalized spacial score (nSPS) is 10.3. The Kier molecular flexibility index (Phi) is 5.58. The summed E-state index contributed by atoms with van der Waals surface area (Å²) in [6.45, 7) is 0. The van der Waals surface area contributed by atoms with Crippen molar-refractivity contribution in [1.82, 2.24) is 0 Å². The number of methoxy groups -OCH3 is 2. The molecular formula is C19H19NO3. The van der Waals surface area contributed by atoms with Crippen LogP contribution in [0.25, 0.3) is 5.57 Å². The zero-order valence-corrected chi connectivity index (χ0v) is 13.2. The van der Waals surface area contributed by atoms with Crippen molar-refractivity contribution < 1.29 is 14.3 Å². The van der Waals surface area contributed by atoms with Crippen molar-refractivity contribution in [2.45, 2.75) is 0 Å². The maximum absolute atomic E-state index is 10.9. The molecule has 2 aromatic carbocycles. The lowest BCUT2D eigenvalue weighted by Crippen LogP contribution is -2.05. The molecule has 0 aromatic heterocycles. The highest BCUT2D eigenvalue weighted by molar-refractivity contribution is 5.87. The molecule has 2 rings (SSSR count). The van der Waals surface area contributed by atoms with E-state index in [4.69, 9.17) is 15.2 Å². The third-order valence-electron chi connectivity index (χ3n) is 3.33. The first-order valence-corrected chi connectivity index (χ1v) is 7.10. The molecule has 0 radical (unpaired) electrons. The number of carbonyl (C=O) groups excluding carboxylic acids is 1. The van der Waals surface area contributed by atoms with Crippen molar-refractivity contribution in [3.05, 3.63) is 77.9 Å². The average Bonchev–Trinajstić information content (AvgIpc) is 2.59. The molecule has 4 nitrogen and oxygen atoms in total. The maximum atomic E-state index is 10.9. The third-order valence-corrected chi connectivity index (χ3v) is 3.33. The molecule has 0 bridgehead atoms. The van der Waals surface area contributed by atoms with Gasteiger partial charge in [-0.2, -0.15) is 0 Å². The van der Waals surface area contributed by atoms with Crippen LogP contribution in [-0.2, 0) is 4.79 Å². The van der Waals surface area contributed by atoms with E-state index in [0.29, 0.717) is 0 Å². The lowest BCUT2D eigenvalue weighted by atomic mass is 9.97. The molecule has 0 saturated carbocycles. The highest BCUT2D eigenvalue weighted by atomic mass is 16.5. The van der Waals surface area contributed by atoms with Crippen LogP contribution in [-0.4, -0.2) is 20.1 Å². The topological polar surface area (TPSA) is 61.5 Å².